The molecular formula is C14H23BrN2. The largest absolute Gasteiger partial charge is 0.315 e. The molecule has 1 N–H and O–H groups in total. The summed E-state index contributed by atoms with van der Waals surface area (Å²) in [5.74, 6) is 0. The number of hydrogen-bond acceptors (Lipinski definition) is 2. The highest BCUT2D eigenvalue weighted by Gasteiger charge is 2.30. The van der Waals surface area contributed by atoms with Crippen molar-refractivity contribution in [1.82, 2.24) is 10.2 Å². The zero-order valence-corrected chi connectivity index (χ0v) is 13.0. The Morgan fingerprint density at radius 2 is 1.76 bits per heavy atom. The molecule has 0 fully saturated rings. The van der Waals surface area contributed by atoms with Crippen molar-refractivity contribution in [2.24, 2.45) is 0 Å². The predicted octanol–water partition coefficient (Wildman–Crippen LogP) is 2.92. The van der Waals surface area contributed by atoms with Crippen molar-refractivity contribution in [3.05, 3.63) is 34.3 Å². The van der Waals surface area contributed by atoms with E-state index in [-0.39, 0.29) is 5.54 Å². The molecule has 0 amide bonds. The minimum Gasteiger partial charge on any atom is -0.315 e. The molecule has 0 aromatic heterocycles. The van der Waals surface area contributed by atoms with Crippen molar-refractivity contribution in [3.63, 3.8) is 0 Å². The molecule has 17 heavy (non-hydrogen) atoms. The number of rotatable bonds is 5. The Labute approximate surface area is 114 Å². The van der Waals surface area contributed by atoms with Gasteiger partial charge in [-0.25, -0.2) is 0 Å². The van der Waals surface area contributed by atoms with Crippen LogP contribution in [0.4, 0.5) is 0 Å². The van der Waals surface area contributed by atoms with E-state index in [1.807, 2.05) is 7.05 Å². The van der Waals surface area contributed by atoms with Crippen LogP contribution in [0.3, 0.4) is 0 Å². The van der Waals surface area contributed by atoms with E-state index >= 15 is 0 Å². The Kier molecular flexibility index (Phi) is 5.17. The molecule has 0 saturated carbocycles. The lowest BCUT2D eigenvalue weighted by molar-refractivity contribution is 0.141. The molecule has 0 spiro atoms. The minimum atomic E-state index is 0.127. The Hall–Kier alpha value is -0.380. The second-order valence-electron chi connectivity index (χ2n) is 5.22. The van der Waals surface area contributed by atoms with Crippen LogP contribution in [0.2, 0.25) is 0 Å². The fourth-order valence-corrected chi connectivity index (χ4v) is 2.14. The van der Waals surface area contributed by atoms with E-state index in [0.29, 0.717) is 6.04 Å². The van der Waals surface area contributed by atoms with Crippen LogP contribution < -0.4 is 5.32 Å². The van der Waals surface area contributed by atoms with Crippen molar-refractivity contribution >= 4 is 15.9 Å². The number of likely N-dealkylation sites (N-methyl/N-ethyl adjacent to an activating group) is 2. The van der Waals surface area contributed by atoms with Gasteiger partial charge >= 0.3 is 0 Å². The summed E-state index contributed by atoms with van der Waals surface area (Å²) in [5.41, 5.74) is 1.49. The van der Waals surface area contributed by atoms with Crippen molar-refractivity contribution in [1.29, 1.82) is 0 Å². The molecule has 1 unspecified atom stereocenters. The maximum atomic E-state index is 3.47. The summed E-state index contributed by atoms with van der Waals surface area (Å²) < 4.78 is 1.13. The molecule has 1 aromatic carbocycles. The zero-order valence-electron chi connectivity index (χ0n) is 11.4. The number of benzene rings is 1. The fourth-order valence-electron chi connectivity index (χ4n) is 1.87. The maximum absolute atomic E-state index is 3.47. The number of nitrogens with one attached hydrogen (secondary N) is 1. The van der Waals surface area contributed by atoms with Crippen LogP contribution in [-0.2, 0) is 6.42 Å². The van der Waals surface area contributed by atoms with Gasteiger partial charge in [0.15, 0.2) is 0 Å². The third-order valence-corrected chi connectivity index (χ3v) is 4.24. The van der Waals surface area contributed by atoms with Crippen molar-refractivity contribution in [3.8, 4) is 0 Å². The van der Waals surface area contributed by atoms with Gasteiger partial charge in [0.2, 0.25) is 0 Å². The molecule has 0 aliphatic heterocycles. The van der Waals surface area contributed by atoms with Crippen LogP contribution in [0.5, 0.6) is 0 Å². The highest BCUT2D eigenvalue weighted by atomic mass is 79.9. The van der Waals surface area contributed by atoms with Crippen LogP contribution in [0.1, 0.15) is 19.4 Å². The summed E-state index contributed by atoms with van der Waals surface area (Å²) >= 11 is 3.47. The van der Waals surface area contributed by atoms with Gasteiger partial charge in [0, 0.05) is 16.1 Å². The van der Waals surface area contributed by atoms with E-state index in [1.165, 1.54) is 5.56 Å². The summed E-state index contributed by atoms with van der Waals surface area (Å²) in [5, 5.41) is 3.43. The second-order valence-corrected chi connectivity index (χ2v) is 6.14. The van der Waals surface area contributed by atoms with E-state index in [2.05, 4.69) is 78.4 Å². The summed E-state index contributed by atoms with van der Waals surface area (Å²) in [4.78, 5) is 2.27. The Bertz CT molecular complexity index is 344. The molecule has 0 aliphatic carbocycles. The Balaban J connectivity index is 2.80. The van der Waals surface area contributed by atoms with Gasteiger partial charge in [-0.15, -0.1) is 0 Å². The van der Waals surface area contributed by atoms with Gasteiger partial charge in [-0.05, 0) is 59.1 Å². The molecule has 2 nitrogen and oxygen atoms in total. The minimum absolute atomic E-state index is 0.127. The molecule has 0 saturated heterocycles. The lowest BCUT2D eigenvalue weighted by Gasteiger charge is -2.40. The second kappa shape index (κ2) is 5.98. The van der Waals surface area contributed by atoms with E-state index < -0.39 is 0 Å². The van der Waals surface area contributed by atoms with Gasteiger partial charge < -0.3 is 10.2 Å². The average molecular weight is 299 g/mol. The average Bonchev–Trinajstić information content (AvgIpc) is 2.27. The molecular weight excluding hydrogens is 276 g/mol. The molecule has 1 rings (SSSR count). The quantitative estimate of drug-likeness (QED) is 0.899. The molecule has 96 valence electrons. The molecule has 3 heteroatoms. The van der Waals surface area contributed by atoms with Crippen molar-refractivity contribution in [2.75, 3.05) is 21.1 Å². The summed E-state index contributed by atoms with van der Waals surface area (Å²) in [6.07, 6.45) is 1.04. The highest BCUT2D eigenvalue weighted by molar-refractivity contribution is 9.10. The van der Waals surface area contributed by atoms with Crippen molar-refractivity contribution < 1.29 is 0 Å². The smallest absolute Gasteiger partial charge is 0.0303 e. The van der Waals surface area contributed by atoms with Gasteiger partial charge in [-0.3, -0.25) is 0 Å². The van der Waals surface area contributed by atoms with Crippen molar-refractivity contribution in [2.45, 2.75) is 31.8 Å². The van der Waals surface area contributed by atoms with Gasteiger partial charge in [0.25, 0.3) is 0 Å². The normalized spacial score (nSPS) is 14.1. The molecule has 0 heterocycles. The van der Waals surface area contributed by atoms with E-state index in [9.17, 15) is 0 Å². The maximum Gasteiger partial charge on any atom is 0.0303 e. The van der Waals surface area contributed by atoms with E-state index in [1.54, 1.807) is 0 Å². The topological polar surface area (TPSA) is 15.3 Å². The molecule has 0 radical (unpaired) electrons. The molecule has 1 aromatic rings. The van der Waals surface area contributed by atoms with Gasteiger partial charge in [-0.1, -0.05) is 28.1 Å². The molecule has 0 bridgehead atoms. The van der Waals surface area contributed by atoms with Crippen LogP contribution in [-0.4, -0.2) is 37.6 Å². The molecule has 0 aliphatic rings. The number of halogens is 1. The van der Waals surface area contributed by atoms with Gasteiger partial charge in [0.1, 0.15) is 0 Å². The highest BCUT2D eigenvalue weighted by Crippen LogP contribution is 2.20. The first-order chi connectivity index (χ1) is 7.87. The standard InChI is InChI=1S/C14H23BrN2/c1-14(2,17(4)5)13(16-3)10-11-6-8-12(15)9-7-11/h6-9,13,16H,10H2,1-5H3. The Morgan fingerprint density at radius 1 is 1.24 bits per heavy atom. The first-order valence-corrected chi connectivity index (χ1v) is 6.76. The first kappa shape index (κ1) is 14.7. The summed E-state index contributed by atoms with van der Waals surface area (Å²) in [7, 11) is 6.30. The lowest BCUT2D eigenvalue weighted by Crippen LogP contribution is -2.55. The van der Waals surface area contributed by atoms with Gasteiger partial charge in [0.05, 0.1) is 0 Å². The first-order valence-electron chi connectivity index (χ1n) is 5.97. The van der Waals surface area contributed by atoms with E-state index in [0.717, 1.165) is 10.9 Å². The number of hydrogen-bond donors (Lipinski definition) is 1. The third-order valence-electron chi connectivity index (χ3n) is 3.71. The van der Waals surface area contributed by atoms with Crippen LogP contribution in [0.15, 0.2) is 28.7 Å². The lowest BCUT2D eigenvalue weighted by atomic mass is 9.88. The fraction of sp³-hybridized carbons (Fsp3) is 0.571. The Morgan fingerprint density at radius 3 is 2.18 bits per heavy atom. The SMILES string of the molecule is CNC(Cc1ccc(Br)cc1)C(C)(C)N(C)C. The van der Waals surface area contributed by atoms with Crippen LogP contribution in [0.25, 0.3) is 0 Å². The predicted molar refractivity (Wildman–Crippen MR) is 78.5 cm³/mol. The molecule has 1 atom stereocenters. The summed E-state index contributed by atoms with van der Waals surface area (Å²) in [6, 6.07) is 8.99. The van der Waals surface area contributed by atoms with Gasteiger partial charge in [-0.2, -0.15) is 0 Å². The zero-order chi connectivity index (χ0) is 13.1. The van der Waals surface area contributed by atoms with E-state index in [4.69, 9.17) is 0 Å². The number of nitrogens with zero attached hydrogens (tertiary/aromatic N) is 1. The third kappa shape index (κ3) is 3.80. The monoisotopic (exact) mass is 298 g/mol. The van der Waals surface area contributed by atoms with Crippen LogP contribution >= 0.6 is 15.9 Å². The van der Waals surface area contributed by atoms with Crippen LogP contribution in [0, 0.1) is 0 Å². The summed E-state index contributed by atoms with van der Waals surface area (Å²) in [6.45, 7) is 4.54.